The highest BCUT2D eigenvalue weighted by Gasteiger charge is 2.50. The van der Waals surface area contributed by atoms with Crippen molar-refractivity contribution in [1.82, 2.24) is 15.1 Å². The molecular weight excluding hydrogens is 432 g/mol. The van der Waals surface area contributed by atoms with Gasteiger partial charge in [0, 0.05) is 17.5 Å². The molecule has 1 aliphatic heterocycles. The van der Waals surface area contributed by atoms with E-state index in [1.54, 1.807) is 42.0 Å². The number of hydrogen-bond acceptors (Lipinski definition) is 5. The van der Waals surface area contributed by atoms with E-state index in [2.05, 4.69) is 26.1 Å². The SMILES string of the molecule is COc1ccc(OC)c(N2C(=O)c3cc(C(C)(C)C)nn3C[C@@]2(C)C(=O)NC2CCCCC2)c1. The van der Waals surface area contributed by atoms with Crippen LogP contribution in [0, 0.1) is 0 Å². The van der Waals surface area contributed by atoms with Crippen LogP contribution in [0.25, 0.3) is 0 Å². The quantitative estimate of drug-likeness (QED) is 0.715. The normalized spacial score (nSPS) is 21.2. The Bertz CT molecular complexity index is 1080. The average molecular weight is 469 g/mol. The van der Waals surface area contributed by atoms with E-state index in [0.717, 1.165) is 31.4 Å². The molecule has 184 valence electrons. The first-order valence-corrected chi connectivity index (χ1v) is 12.0. The minimum Gasteiger partial charge on any atom is -0.497 e. The van der Waals surface area contributed by atoms with Gasteiger partial charge in [0.05, 0.1) is 32.1 Å². The molecule has 1 fully saturated rings. The van der Waals surface area contributed by atoms with Crippen molar-refractivity contribution in [1.29, 1.82) is 0 Å². The van der Waals surface area contributed by atoms with Crippen molar-refractivity contribution >= 4 is 17.5 Å². The monoisotopic (exact) mass is 468 g/mol. The van der Waals surface area contributed by atoms with Gasteiger partial charge in [-0.3, -0.25) is 19.2 Å². The molecular formula is C26H36N4O4. The summed E-state index contributed by atoms with van der Waals surface area (Å²) in [5.74, 6) is 0.598. The van der Waals surface area contributed by atoms with E-state index >= 15 is 0 Å². The lowest BCUT2D eigenvalue weighted by atomic mass is 9.90. The van der Waals surface area contributed by atoms with Gasteiger partial charge in [0.2, 0.25) is 5.91 Å². The van der Waals surface area contributed by atoms with E-state index in [-0.39, 0.29) is 29.8 Å². The molecule has 1 aliphatic carbocycles. The lowest BCUT2D eigenvalue weighted by Crippen LogP contribution is -2.65. The van der Waals surface area contributed by atoms with Gasteiger partial charge in [0.25, 0.3) is 5.91 Å². The Morgan fingerprint density at radius 2 is 1.82 bits per heavy atom. The predicted octanol–water partition coefficient (Wildman–Crippen LogP) is 4.07. The van der Waals surface area contributed by atoms with Crippen LogP contribution < -0.4 is 19.7 Å². The molecule has 8 heteroatoms. The molecule has 0 radical (unpaired) electrons. The molecule has 34 heavy (non-hydrogen) atoms. The summed E-state index contributed by atoms with van der Waals surface area (Å²) in [4.78, 5) is 29.5. The average Bonchev–Trinajstić information content (AvgIpc) is 3.24. The van der Waals surface area contributed by atoms with Crippen molar-refractivity contribution in [2.45, 2.75) is 83.3 Å². The van der Waals surface area contributed by atoms with Gasteiger partial charge in [-0.25, -0.2) is 0 Å². The summed E-state index contributed by atoms with van der Waals surface area (Å²) in [5.41, 5.74) is 0.327. The van der Waals surface area contributed by atoms with Crippen LogP contribution in [0.1, 0.15) is 76.0 Å². The van der Waals surface area contributed by atoms with Gasteiger partial charge in [-0.2, -0.15) is 5.10 Å². The molecule has 1 aromatic heterocycles. The van der Waals surface area contributed by atoms with Gasteiger partial charge in [0.1, 0.15) is 22.7 Å². The van der Waals surface area contributed by atoms with Crippen molar-refractivity contribution in [3.8, 4) is 11.5 Å². The number of nitrogens with zero attached hydrogens (tertiary/aromatic N) is 3. The Kier molecular flexibility index (Phi) is 6.36. The predicted molar refractivity (Wildman–Crippen MR) is 131 cm³/mol. The van der Waals surface area contributed by atoms with E-state index < -0.39 is 5.54 Å². The maximum Gasteiger partial charge on any atom is 0.277 e. The Balaban J connectivity index is 1.83. The summed E-state index contributed by atoms with van der Waals surface area (Å²) in [6.07, 6.45) is 5.32. The van der Waals surface area contributed by atoms with Crippen molar-refractivity contribution in [2.75, 3.05) is 19.1 Å². The number of benzene rings is 1. The van der Waals surface area contributed by atoms with Gasteiger partial charge in [-0.05, 0) is 38.0 Å². The van der Waals surface area contributed by atoms with Gasteiger partial charge >= 0.3 is 0 Å². The molecule has 1 N–H and O–H groups in total. The summed E-state index contributed by atoms with van der Waals surface area (Å²) < 4.78 is 12.7. The zero-order chi connectivity index (χ0) is 24.7. The van der Waals surface area contributed by atoms with E-state index in [1.807, 2.05) is 13.0 Å². The summed E-state index contributed by atoms with van der Waals surface area (Å²) in [6.45, 7) is 8.23. The third-order valence-corrected chi connectivity index (χ3v) is 6.98. The number of ether oxygens (including phenoxy) is 2. The largest absolute Gasteiger partial charge is 0.497 e. The van der Waals surface area contributed by atoms with E-state index in [0.29, 0.717) is 22.9 Å². The van der Waals surface area contributed by atoms with Crippen molar-refractivity contribution in [3.05, 3.63) is 35.7 Å². The number of carbonyl (C=O) groups excluding carboxylic acids is 2. The second kappa shape index (κ2) is 8.96. The molecule has 2 aromatic rings. The fourth-order valence-corrected chi connectivity index (χ4v) is 4.88. The lowest BCUT2D eigenvalue weighted by Gasteiger charge is -2.44. The van der Waals surface area contributed by atoms with Gasteiger partial charge in [-0.15, -0.1) is 0 Å². The first-order valence-electron chi connectivity index (χ1n) is 12.0. The van der Waals surface area contributed by atoms with Crippen LogP contribution in [-0.2, 0) is 16.8 Å². The smallest absolute Gasteiger partial charge is 0.277 e. The summed E-state index contributed by atoms with van der Waals surface area (Å²) in [7, 11) is 3.13. The van der Waals surface area contributed by atoms with Crippen LogP contribution in [-0.4, -0.2) is 47.4 Å². The van der Waals surface area contributed by atoms with Gasteiger partial charge < -0.3 is 14.8 Å². The molecule has 1 saturated carbocycles. The Labute approximate surface area is 201 Å². The standard InChI is InChI=1S/C26H36N4O4/c1-25(2,3)22-15-20-23(31)30(19-14-18(33-5)12-13-21(19)34-6)26(4,16-29(20)28-22)24(32)27-17-10-8-7-9-11-17/h12-15,17H,7-11,16H2,1-6H3,(H,27,32)/t26-/m0/s1. The number of aromatic nitrogens is 2. The molecule has 8 nitrogen and oxygen atoms in total. The topological polar surface area (TPSA) is 85.7 Å². The first-order chi connectivity index (χ1) is 16.1. The molecule has 2 aliphatic rings. The highest BCUT2D eigenvalue weighted by Crippen LogP contribution is 2.41. The number of rotatable bonds is 5. The number of anilines is 1. The number of hydrogen-bond donors (Lipinski definition) is 1. The molecule has 0 bridgehead atoms. The van der Waals surface area contributed by atoms with Crippen molar-refractivity contribution < 1.29 is 19.1 Å². The second-order valence-corrected chi connectivity index (χ2v) is 10.6. The van der Waals surface area contributed by atoms with Crippen LogP contribution in [0.3, 0.4) is 0 Å². The minimum absolute atomic E-state index is 0.117. The second-order valence-electron chi connectivity index (χ2n) is 10.6. The Morgan fingerprint density at radius 1 is 1.12 bits per heavy atom. The summed E-state index contributed by atoms with van der Waals surface area (Å²) >= 11 is 0. The van der Waals surface area contributed by atoms with Crippen LogP contribution in [0.2, 0.25) is 0 Å². The molecule has 0 spiro atoms. The van der Waals surface area contributed by atoms with Crippen molar-refractivity contribution in [3.63, 3.8) is 0 Å². The van der Waals surface area contributed by atoms with Crippen LogP contribution >= 0.6 is 0 Å². The number of nitrogens with one attached hydrogen (secondary N) is 1. The maximum atomic E-state index is 14.0. The van der Waals surface area contributed by atoms with E-state index in [4.69, 9.17) is 14.6 Å². The number of methoxy groups -OCH3 is 2. The third-order valence-electron chi connectivity index (χ3n) is 6.98. The maximum absolute atomic E-state index is 14.0. The minimum atomic E-state index is -1.21. The van der Waals surface area contributed by atoms with E-state index in [1.165, 1.54) is 6.42 Å². The van der Waals surface area contributed by atoms with E-state index in [9.17, 15) is 9.59 Å². The third kappa shape index (κ3) is 4.26. The zero-order valence-corrected chi connectivity index (χ0v) is 21.1. The van der Waals surface area contributed by atoms with Gasteiger partial charge in [-0.1, -0.05) is 40.0 Å². The lowest BCUT2D eigenvalue weighted by molar-refractivity contribution is -0.127. The van der Waals surface area contributed by atoms with Crippen LogP contribution in [0.5, 0.6) is 11.5 Å². The van der Waals surface area contributed by atoms with Crippen LogP contribution in [0.4, 0.5) is 5.69 Å². The number of carbonyl (C=O) groups is 2. The Hall–Kier alpha value is -3.03. The van der Waals surface area contributed by atoms with Gasteiger partial charge in [0.15, 0.2) is 0 Å². The molecule has 4 rings (SSSR count). The summed E-state index contributed by atoms with van der Waals surface area (Å²) in [6, 6.07) is 7.23. The van der Waals surface area contributed by atoms with Crippen LogP contribution in [0.15, 0.2) is 24.3 Å². The molecule has 2 amide bonds. The Morgan fingerprint density at radius 3 is 2.44 bits per heavy atom. The first kappa shape index (κ1) is 24.1. The van der Waals surface area contributed by atoms with Crippen molar-refractivity contribution in [2.24, 2.45) is 0 Å². The summed E-state index contributed by atoms with van der Waals surface area (Å²) in [5, 5.41) is 7.97. The number of fused-ring (bicyclic) bond motifs is 1. The molecule has 1 aromatic carbocycles. The fraction of sp³-hybridized carbons (Fsp3) is 0.577. The number of amides is 2. The molecule has 1 atom stereocenters. The molecule has 0 unspecified atom stereocenters. The molecule has 0 saturated heterocycles. The highest BCUT2D eigenvalue weighted by atomic mass is 16.5. The highest BCUT2D eigenvalue weighted by molar-refractivity contribution is 6.12. The zero-order valence-electron chi connectivity index (χ0n) is 21.1. The fourth-order valence-electron chi connectivity index (χ4n) is 4.88. The molecule has 2 heterocycles.